The minimum absolute atomic E-state index is 0.0733. The summed E-state index contributed by atoms with van der Waals surface area (Å²) in [5.74, 6) is 0. The van der Waals surface area contributed by atoms with E-state index in [2.05, 4.69) is 64.3 Å². The summed E-state index contributed by atoms with van der Waals surface area (Å²) >= 11 is 0. The van der Waals surface area contributed by atoms with Crippen molar-refractivity contribution in [3.05, 3.63) is 41.5 Å². The van der Waals surface area contributed by atoms with Crippen LogP contribution in [0.1, 0.15) is 61.0 Å². The first-order chi connectivity index (χ1) is 12.6. The van der Waals surface area contributed by atoms with E-state index in [9.17, 15) is 4.79 Å². The number of hydrogen-bond donors (Lipinski definition) is 1. The van der Waals surface area contributed by atoms with E-state index in [1.807, 2.05) is 45.9 Å². The van der Waals surface area contributed by atoms with E-state index in [-0.39, 0.29) is 17.2 Å². The standard InChI is InChI=1S/C23H39NO3Si/c1-17(16-19-14-12-11-13-15-19)20(27-28(9,10)23(6,7)8)18(2)24-21(25)26-22(3,4)5/h11-16,18,20H,1-10H3,(H,24,25)/b17-16+/t18-,20-/m1/s1. The van der Waals surface area contributed by atoms with Gasteiger partial charge in [0.2, 0.25) is 0 Å². The molecule has 0 unspecified atom stereocenters. The molecule has 1 N–H and O–H groups in total. The van der Waals surface area contributed by atoms with Crippen LogP contribution in [-0.4, -0.2) is 32.2 Å². The Morgan fingerprint density at radius 2 is 1.61 bits per heavy atom. The van der Waals surface area contributed by atoms with Gasteiger partial charge in [-0.2, -0.15) is 0 Å². The van der Waals surface area contributed by atoms with Crippen LogP contribution in [0.2, 0.25) is 18.1 Å². The maximum Gasteiger partial charge on any atom is 0.407 e. The molecule has 0 saturated heterocycles. The Balaban J connectivity index is 3.13. The first-order valence-electron chi connectivity index (χ1n) is 10.0. The van der Waals surface area contributed by atoms with Gasteiger partial charge in [0.05, 0.1) is 12.1 Å². The summed E-state index contributed by atoms with van der Waals surface area (Å²) in [5.41, 5.74) is 1.67. The Bertz CT molecular complexity index is 669. The third-order valence-electron chi connectivity index (χ3n) is 5.07. The first kappa shape index (κ1) is 24.4. The van der Waals surface area contributed by atoms with Crippen LogP contribution in [0.15, 0.2) is 35.9 Å². The molecular formula is C23H39NO3Si. The summed E-state index contributed by atoms with van der Waals surface area (Å²) < 4.78 is 12.2. The summed E-state index contributed by atoms with van der Waals surface area (Å²) in [6.45, 7) is 20.8. The summed E-state index contributed by atoms with van der Waals surface area (Å²) in [5, 5.41) is 3.05. The number of carbonyl (C=O) groups is 1. The van der Waals surface area contributed by atoms with E-state index in [1.165, 1.54) is 0 Å². The average Bonchev–Trinajstić information content (AvgIpc) is 2.50. The van der Waals surface area contributed by atoms with Gasteiger partial charge in [-0.25, -0.2) is 4.79 Å². The van der Waals surface area contributed by atoms with Crippen molar-refractivity contribution in [2.45, 2.75) is 91.3 Å². The second-order valence-corrected chi connectivity index (χ2v) is 14.8. The molecular weight excluding hydrogens is 366 g/mol. The quantitative estimate of drug-likeness (QED) is 0.558. The Morgan fingerprint density at radius 1 is 1.07 bits per heavy atom. The van der Waals surface area contributed by atoms with Crippen LogP contribution in [0.4, 0.5) is 4.79 Å². The van der Waals surface area contributed by atoms with Crippen LogP contribution in [0.3, 0.4) is 0 Å². The van der Waals surface area contributed by atoms with Crippen LogP contribution in [0.25, 0.3) is 6.08 Å². The van der Waals surface area contributed by atoms with Gasteiger partial charge in [0.25, 0.3) is 0 Å². The highest BCUT2D eigenvalue weighted by Crippen LogP contribution is 2.38. The topological polar surface area (TPSA) is 47.6 Å². The van der Waals surface area contributed by atoms with Gasteiger partial charge in [0.1, 0.15) is 5.60 Å². The Kier molecular flexibility index (Phi) is 8.09. The highest BCUT2D eigenvalue weighted by atomic mass is 28.4. The predicted octanol–water partition coefficient (Wildman–Crippen LogP) is 6.39. The molecule has 1 rings (SSSR count). The molecule has 0 aliphatic heterocycles. The fraction of sp³-hybridized carbons (Fsp3) is 0.609. The average molecular weight is 406 g/mol. The van der Waals surface area contributed by atoms with Gasteiger partial charge in [0.15, 0.2) is 8.32 Å². The van der Waals surface area contributed by atoms with Gasteiger partial charge in [-0.1, -0.05) is 57.2 Å². The lowest BCUT2D eigenvalue weighted by atomic mass is 10.0. The molecule has 0 aromatic heterocycles. The summed E-state index contributed by atoms with van der Waals surface area (Å²) in [6, 6.07) is 9.96. The van der Waals surface area contributed by atoms with Crippen molar-refractivity contribution < 1.29 is 14.0 Å². The minimum atomic E-state index is -2.04. The van der Waals surface area contributed by atoms with Crippen molar-refractivity contribution in [2.75, 3.05) is 0 Å². The molecule has 28 heavy (non-hydrogen) atoms. The van der Waals surface area contributed by atoms with E-state index >= 15 is 0 Å². The zero-order valence-corrected chi connectivity index (χ0v) is 20.3. The lowest BCUT2D eigenvalue weighted by Gasteiger charge is -2.41. The Labute approximate surface area is 172 Å². The lowest BCUT2D eigenvalue weighted by Crippen LogP contribution is -2.51. The normalized spacial score (nSPS) is 15.7. The molecule has 158 valence electrons. The van der Waals surface area contributed by atoms with Gasteiger partial charge in [-0.05, 0) is 63.9 Å². The second-order valence-electron chi connectivity index (χ2n) is 10.0. The maximum absolute atomic E-state index is 12.3. The molecule has 1 amide bonds. The van der Waals surface area contributed by atoms with Crippen LogP contribution >= 0.6 is 0 Å². The number of hydrogen-bond acceptors (Lipinski definition) is 3. The summed E-state index contributed by atoms with van der Waals surface area (Å²) in [6.07, 6.45) is 1.48. The number of alkyl carbamates (subject to hydrolysis) is 1. The van der Waals surface area contributed by atoms with Crippen molar-refractivity contribution in [1.29, 1.82) is 0 Å². The van der Waals surface area contributed by atoms with E-state index in [0.29, 0.717) is 0 Å². The van der Waals surface area contributed by atoms with Gasteiger partial charge in [0, 0.05) is 0 Å². The van der Waals surface area contributed by atoms with E-state index < -0.39 is 20.0 Å². The van der Waals surface area contributed by atoms with Gasteiger partial charge in [-0.3, -0.25) is 0 Å². The molecule has 0 aliphatic carbocycles. The lowest BCUT2D eigenvalue weighted by molar-refractivity contribution is 0.0466. The third kappa shape index (κ3) is 7.80. The van der Waals surface area contributed by atoms with Gasteiger partial charge in [-0.15, -0.1) is 0 Å². The third-order valence-corrected chi connectivity index (χ3v) is 9.52. The Hall–Kier alpha value is -1.59. The Morgan fingerprint density at radius 3 is 2.07 bits per heavy atom. The smallest absolute Gasteiger partial charge is 0.407 e. The van der Waals surface area contributed by atoms with E-state index in [1.54, 1.807) is 0 Å². The van der Waals surface area contributed by atoms with E-state index in [0.717, 1.165) is 11.1 Å². The van der Waals surface area contributed by atoms with Gasteiger partial charge >= 0.3 is 6.09 Å². The number of carbonyl (C=O) groups excluding carboxylic acids is 1. The minimum Gasteiger partial charge on any atom is -0.444 e. The SMILES string of the molecule is C/C(=C\c1ccccc1)[C@@H](O[Si](C)(C)C(C)(C)C)[C@@H](C)NC(=O)OC(C)(C)C. The van der Waals surface area contributed by atoms with Crippen molar-refractivity contribution in [3.63, 3.8) is 0 Å². The molecule has 1 aromatic carbocycles. The van der Waals surface area contributed by atoms with Crippen LogP contribution in [0, 0.1) is 0 Å². The van der Waals surface area contributed by atoms with Crippen molar-refractivity contribution in [1.82, 2.24) is 5.32 Å². The molecule has 0 aliphatic rings. The highest BCUT2D eigenvalue weighted by Gasteiger charge is 2.41. The predicted molar refractivity (Wildman–Crippen MR) is 121 cm³/mol. The molecule has 0 spiro atoms. The molecule has 0 fully saturated rings. The van der Waals surface area contributed by atoms with Crippen LogP contribution in [0.5, 0.6) is 0 Å². The first-order valence-corrected chi connectivity index (χ1v) is 12.9. The molecule has 0 radical (unpaired) electrons. The van der Waals surface area contributed by atoms with Crippen molar-refractivity contribution >= 4 is 20.5 Å². The maximum atomic E-state index is 12.3. The molecule has 0 heterocycles. The number of benzene rings is 1. The molecule has 5 heteroatoms. The number of amides is 1. The van der Waals surface area contributed by atoms with Crippen LogP contribution < -0.4 is 5.32 Å². The highest BCUT2D eigenvalue weighted by molar-refractivity contribution is 6.74. The van der Waals surface area contributed by atoms with Gasteiger partial charge < -0.3 is 14.5 Å². The fourth-order valence-corrected chi connectivity index (χ4v) is 3.93. The van der Waals surface area contributed by atoms with Crippen molar-refractivity contribution in [3.8, 4) is 0 Å². The second kappa shape index (κ2) is 9.27. The largest absolute Gasteiger partial charge is 0.444 e. The van der Waals surface area contributed by atoms with Crippen LogP contribution in [-0.2, 0) is 9.16 Å². The zero-order chi connectivity index (χ0) is 21.8. The summed E-state index contributed by atoms with van der Waals surface area (Å²) in [4.78, 5) is 12.3. The number of nitrogens with one attached hydrogen (secondary N) is 1. The number of ether oxygens (including phenoxy) is 1. The molecule has 2 atom stereocenters. The fourth-order valence-electron chi connectivity index (χ4n) is 2.55. The van der Waals surface area contributed by atoms with E-state index in [4.69, 9.17) is 9.16 Å². The molecule has 0 saturated carbocycles. The van der Waals surface area contributed by atoms with Crippen molar-refractivity contribution in [2.24, 2.45) is 0 Å². The molecule has 0 bridgehead atoms. The molecule has 1 aromatic rings. The summed E-state index contributed by atoms with van der Waals surface area (Å²) in [7, 11) is -2.04. The molecule has 4 nitrogen and oxygen atoms in total. The monoisotopic (exact) mass is 405 g/mol. The number of rotatable bonds is 6. The zero-order valence-electron chi connectivity index (χ0n) is 19.3.